The molecule has 0 aliphatic rings. The van der Waals surface area contributed by atoms with Crippen molar-refractivity contribution in [1.29, 1.82) is 0 Å². The molecule has 0 aliphatic carbocycles. The average molecular weight is 455 g/mol. The van der Waals surface area contributed by atoms with E-state index < -0.39 is 27.0 Å². The Morgan fingerprint density at radius 1 is 0.906 bits per heavy atom. The second kappa shape index (κ2) is 10.2. The number of nitro benzene ring substituents is 1. The molecule has 3 aromatic carbocycles. The Morgan fingerprint density at radius 2 is 1.50 bits per heavy atom. The summed E-state index contributed by atoms with van der Waals surface area (Å²) in [4.78, 5) is 22.1. The molecule has 8 nitrogen and oxygen atoms in total. The Balaban J connectivity index is 1.73. The molecule has 3 aromatic rings. The van der Waals surface area contributed by atoms with Gasteiger partial charge in [-0.05, 0) is 48.1 Å². The van der Waals surface area contributed by atoms with E-state index in [2.05, 4.69) is 4.72 Å². The quantitative estimate of drug-likeness (QED) is 0.357. The van der Waals surface area contributed by atoms with Crippen LogP contribution in [0, 0.1) is 10.1 Å². The van der Waals surface area contributed by atoms with E-state index >= 15 is 0 Å². The highest BCUT2D eigenvalue weighted by Gasteiger charge is 2.25. The Bertz CT molecular complexity index is 1210. The standard InChI is InChI=1S/C23H22N2O6S/c26-23(27)22(16-17-6-2-1-3-7-17)24-32(30,31)21-11-5-9-19(15-21)13-12-18-8-4-10-20(14-18)25(28)29/h1-11,14-15,22,24H,12-13,16H2,(H,26,27)/t22-/m0/s1. The number of carbonyl (C=O) groups is 1. The van der Waals surface area contributed by atoms with Crippen LogP contribution in [-0.4, -0.2) is 30.5 Å². The molecule has 166 valence electrons. The third-order valence-corrected chi connectivity index (χ3v) is 6.38. The van der Waals surface area contributed by atoms with Gasteiger partial charge in [-0.1, -0.05) is 54.6 Å². The molecule has 0 unspecified atom stereocenters. The first-order chi connectivity index (χ1) is 15.2. The van der Waals surface area contributed by atoms with Gasteiger partial charge in [0.05, 0.1) is 9.82 Å². The number of carboxylic acid groups (broad SMARTS) is 1. The first-order valence-corrected chi connectivity index (χ1v) is 11.3. The van der Waals surface area contributed by atoms with Crippen LogP contribution >= 0.6 is 0 Å². The molecular weight excluding hydrogens is 432 g/mol. The normalized spacial score (nSPS) is 12.2. The van der Waals surface area contributed by atoms with Gasteiger partial charge in [-0.25, -0.2) is 8.42 Å². The van der Waals surface area contributed by atoms with Crippen LogP contribution in [0.15, 0.2) is 83.8 Å². The van der Waals surface area contributed by atoms with Gasteiger partial charge in [-0.15, -0.1) is 0 Å². The van der Waals surface area contributed by atoms with Gasteiger partial charge in [0.1, 0.15) is 6.04 Å². The lowest BCUT2D eigenvalue weighted by atomic mass is 10.0. The molecule has 0 aromatic heterocycles. The minimum Gasteiger partial charge on any atom is -0.480 e. The molecule has 1 atom stereocenters. The van der Waals surface area contributed by atoms with Crippen molar-refractivity contribution in [1.82, 2.24) is 4.72 Å². The highest BCUT2D eigenvalue weighted by Crippen LogP contribution is 2.18. The van der Waals surface area contributed by atoms with Gasteiger partial charge in [0.2, 0.25) is 10.0 Å². The van der Waals surface area contributed by atoms with E-state index in [-0.39, 0.29) is 17.0 Å². The number of hydrogen-bond acceptors (Lipinski definition) is 5. The fraction of sp³-hybridized carbons (Fsp3) is 0.174. The maximum atomic E-state index is 12.8. The number of sulfonamides is 1. The number of nitro groups is 1. The molecule has 2 N–H and O–H groups in total. The Hall–Kier alpha value is -3.56. The van der Waals surface area contributed by atoms with Crippen molar-refractivity contribution in [2.45, 2.75) is 30.2 Å². The van der Waals surface area contributed by atoms with Crippen molar-refractivity contribution >= 4 is 21.7 Å². The molecular formula is C23H22N2O6S. The van der Waals surface area contributed by atoms with E-state index in [1.54, 1.807) is 54.6 Å². The lowest BCUT2D eigenvalue weighted by molar-refractivity contribution is -0.384. The molecule has 9 heteroatoms. The summed E-state index contributed by atoms with van der Waals surface area (Å²) in [5.41, 5.74) is 2.18. The van der Waals surface area contributed by atoms with Gasteiger partial charge in [0, 0.05) is 12.1 Å². The molecule has 0 spiro atoms. The van der Waals surface area contributed by atoms with Crippen LogP contribution in [0.1, 0.15) is 16.7 Å². The molecule has 0 saturated carbocycles. The smallest absolute Gasteiger partial charge is 0.322 e. The van der Waals surface area contributed by atoms with Crippen molar-refractivity contribution in [3.63, 3.8) is 0 Å². The maximum absolute atomic E-state index is 12.8. The number of aryl methyl sites for hydroxylation is 2. The number of nitrogens with one attached hydrogen (secondary N) is 1. The molecule has 0 fully saturated rings. The molecule has 0 saturated heterocycles. The van der Waals surface area contributed by atoms with Crippen LogP contribution < -0.4 is 4.72 Å². The number of carboxylic acids is 1. The Kier molecular flexibility index (Phi) is 7.34. The number of hydrogen-bond donors (Lipinski definition) is 2. The van der Waals surface area contributed by atoms with Crippen LogP contribution in [0.4, 0.5) is 5.69 Å². The van der Waals surface area contributed by atoms with E-state index in [0.717, 1.165) is 5.56 Å². The SMILES string of the molecule is O=C(O)[C@H](Cc1ccccc1)NS(=O)(=O)c1cccc(CCc2cccc([N+](=O)[O-])c2)c1. The average Bonchev–Trinajstić information content (AvgIpc) is 2.78. The van der Waals surface area contributed by atoms with Crippen molar-refractivity contribution in [2.75, 3.05) is 0 Å². The second-order valence-corrected chi connectivity index (χ2v) is 8.99. The highest BCUT2D eigenvalue weighted by atomic mass is 32.2. The monoisotopic (exact) mass is 454 g/mol. The van der Waals surface area contributed by atoms with E-state index in [0.29, 0.717) is 24.0 Å². The number of rotatable bonds is 10. The zero-order valence-electron chi connectivity index (χ0n) is 17.0. The van der Waals surface area contributed by atoms with Gasteiger partial charge < -0.3 is 5.11 Å². The zero-order chi connectivity index (χ0) is 23.1. The summed E-state index contributed by atoms with van der Waals surface area (Å²) in [6.45, 7) is 0. The molecule has 32 heavy (non-hydrogen) atoms. The summed E-state index contributed by atoms with van der Waals surface area (Å²) in [7, 11) is -4.07. The third kappa shape index (κ3) is 6.22. The van der Waals surface area contributed by atoms with Crippen LogP contribution in [-0.2, 0) is 34.1 Å². The largest absolute Gasteiger partial charge is 0.480 e. The van der Waals surface area contributed by atoms with Gasteiger partial charge >= 0.3 is 5.97 Å². The first kappa shape index (κ1) is 23.1. The molecule has 0 heterocycles. The number of nitrogens with zero attached hydrogens (tertiary/aromatic N) is 1. The highest BCUT2D eigenvalue weighted by molar-refractivity contribution is 7.89. The van der Waals surface area contributed by atoms with Gasteiger partial charge in [-0.3, -0.25) is 14.9 Å². The summed E-state index contributed by atoms with van der Waals surface area (Å²) < 4.78 is 27.9. The van der Waals surface area contributed by atoms with Crippen LogP contribution in [0.2, 0.25) is 0 Å². The topological polar surface area (TPSA) is 127 Å². The number of benzene rings is 3. The predicted octanol–water partition coefficient (Wildman–Crippen LogP) is 3.35. The summed E-state index contributed by atoms with van der Waals surface area (Å²) >= 11 is 0. The molecule has 3 rings (SSSR count). The molecule has 0 radical (unpaired) electrons. The minimum absolute atomic E-state index is 0.00107. The molecule has 0 bridgehead atoms. The fourth-order valence-corrected chi connectivity index (χ4v) is 4.53. The van der Waals surface area contributed by atoms with E-state index in [1.807, 2.05) is 0 Å². The number of aliphatic carboxylic acids is 1. The Labute approximate surface area is 185 Å². The van der Waals surface area contributed by atoms with Gasteiger partial charge in [0.15, 0.2) is 0 Å². The van der Waals surface area contributed by atoms with Crippen LogP contribution in [0.3, 0.4) is 0 Å². The van der Waals surface area contributed by atoms with Crippen molar-refractivity contribution in [3.8, 4) is 0 Å². The van der Waals surface area contributed by atoms with Crippen molar-refractivity contribution < 1.29 is 23.2 Å². The van der Waals surface area contributed by atoms with Crippen molar-refractivity contribution in [3.05, 3.63) is 106 Å². The van der Waals surface area contributed by atoms with Crippen LogP contribution in [0.25, 0.3) is 0 Å². The third-order valence-electron chi connectivity index (χ3n) is 4.91. The van der Waals surface area contributed by atoms with Gasteiger partial charge in [-0.2, -0.15) is 4.72 Å². The molecule has 0 aliphatic heterocycles. The van der Waals surface area contributed by atoms with E-state index in [4.69, 9.17) is 0 Å². The lowest BCUT2D eigenvalue weighted by Crippen LogP contribution is -2.42. The lowest BCUT2D eigenvalue weighted by Gasteiger charge is -2.15. The minimum atomic E-state index is -4.07. The zero-order valence-corrected chi connectivity index (χ0v) is 17.9. The van der Waals surface area contributed by atoms with Crippen LogP contribution in [0.5, 0.6) is 0 Å². The van der Waals surface area contributed by atoms with E-state index in [1.165, 1.54) is 24.3 Å². The number of non-ortho nitro benzene ring substituents is 1. The van der Waals surface area contributed by atoms with E-state index in [9.17, 15) is 28.4 Å². The second-order valence-electron chi connectivity index (χ2n) is 7.28. The Morgan fingerprint density at radius 3 is 2.12 bits per heavy atom. The first-order valence-electron chi connectivity index (χ1n) is 9.86. The summed E-state index contributed by atoms with van der Waals surface area (Å²) in [5, 5.41) is 20.4. The van der Waals surface area contributed by atoms with Gasteiger partial charge in [0.25, 0.3) is 5.69 Å². The summed E-state index contributed by atoms with van der Waals surface area (Å²) in [5.74, 6) is -1.26. The predicted molar refractivity (Wildman–Crippen MR) is 119 cm³/mol. The molecule has 0 amide bonds. The van der Waals surface area contributed by atoms with Crippen molar-refractivity contribution in [2.24, 2.45) is 0 Å². The maximum Gasteiger partial charge on any atom is 0.322 e. The fourth-order valence-electron chi connectivity index (χ4n) is 3.27. The summed E-state index contributed by atoms with van der Waals surface area (Å²) in [6, 6.07) is 20.0. The summed E-state index contributed by atoms with van der Waals surface area (Å²) in [6.07, 6.45) is 0.975.